The van der Waals surface area contributed by atoms with Crippen molar-refractivity contribution >= 4 is 5.69 Å². The fourth-order valence-corrected chi connectivity index (χ4v) is 2.07. The molecule has 0 saturated carbocycles. The molecule has 0 aliphatic carbocycles. The van der Waals surface area contributed by atoms with E-state index in [-0.39, 0.29) is 0 Å². The average Bonchev–Trinajstić information content (AvgIpc) is 2.12. The van der Waals surface area contributed by atoms with Gasteiger partial charge in [0.2, 0.25) is 0 Å². The normalized spacial score (nSPS) is 21.5. The van der Waals surface area contributed by atoms with Gasteiger partial charge in [-0.1, -0.05) is 0 Å². The van der Waals surface area contributed by atoms with E-state index in [2.05, 4.69) is 36.8 Å². The summed E-state index contributed by atoms with van der Waals surface area (Å²) in [5.74, 6) is 0. The second-order valence-corrected chi connectivity index (χ2v) is 3.90. The highest BCUT2D eigenvalue weighted by molar-refractivity contribution is 5.58. The molecule has 13 heavy (non-hydrogen) atoms. The molecule has 0 radical (unpaired) electrons. The van der Waals surface area contributed by atoms with Crippen molar-refractivity contribution < 1.29 is 0 Å². The molecule has 2 nitrogen and oxygen atoms in total. The maximum Gasteiger partial charge on any atom is 0.0614 e. The Labute approximate surface area is 79.6 Å². The molecular formula is C11H16N2. The highest BCUT2D eigenvalue weighted by Gasteiger charge is 2.21. The van der Waals surface area contributed by atoms with Crippen LogP contribution in [0.15, 0.2) is 12.3 Å². The number of hydrogen-bond donors (Lipinski definition) is 0. The Morgan fingerprint density at radius 3 is 3.08 bits per heavy atom. The number of aryl methyl sites for hydroxylation is 2. The number of pyridine rings is 1. The van der Waals surface area contributed by atoms with Crippen molar-refractivity contribution in [1.82, 2.24) is 4.98 Å². The average molecular weight is 176 g/mol. The minimum absolute atomic E-state index is 0.649. The topological polar surface area (TPSA) is 16.1 Å². The molecule has 1 aliphatic rings. The summed E-state index contributed by atoms with van der Waals surface area (Å²) in [6.07, 6.45) is 4.37. The van der Waals surface area contributed by atoms with Crippen molar-refractivity contribution in [2.75, 3.05) is 11.9 Å². The molecule has 2 heterocycles. The number of aromatic nitrogens is 1. The lowest BCUT2D eigenvalue weighted by molar-refractivity contribution is 0.595. The van der Waals surface area contributed by atoms with Crippen molar-refractivity contribution in [1.29, 1.82) is 0 Å². The van der Waals surface area contributed by atoms with Crippen LogP contribution >= 0.6 is 0 Å². The summed E-state index contributed by atoms with van der Waals surface area (Å²) in [5, 5.41) is 0. The quantitative estimate of drug-likeness (QED) is 0.602. The van der Waals surface area contributed by atoms with Crippen LogP contribution in [-0.2, 0) is 6.42 Å². The smallest absolute Gasteiger partial charge is 0.0614 e. The molecule has 1 unspecified atom stereocenters. The lowest BCUT2D eigenvalue weighted by Gasteiger charge is -2.34. The lowest BCUT2D eigenvalue weighted by atomic mass is 9.97. The Bertz CT molecular complexity index is 320. The van der Waals surface area contributed by atoms with Gasteiger partial charge in [-0.05, 0) is 38.3 Å². The van der Waals surface area contributed by atoms with Crippen LogP contribution < -0.4 is 4.90 Å². The van der Waals surface area contributed by atoms with Crippen molar-refractivity contribution in [3.05, 3.63) is 23.5 Å². The molecule has 0 N–H and O–H groups in total. The van der Waals surface area contributed by atoms with Crippen molar-refractivity contribution in [3.63, 3.8) is 0 Å². The zero-order valence-electron chi connectivity index (χ0n) is 8.54. The van der Waals surface area contributed by atoms with Crippen molar-refractivity contribution in [2.24, 2.45) is 0 Å². The molecule has 2 heteroatoms. The molecule has 1 aliphatic heterocycles. The molecule has 0 amide bonds. The third-order valence-electron chi connectivity index (χ3n) is 3.04. The summed E-state index contributed by atoms with van der Waals surface area (Å²) in [7, 11) is 2.16. The van der Waals surface area contributed by atoms with E-state index in [0.29, 0.717) is 6.04 Å². The molecule has 1 aromatic rings. The first-order valence-electron chi connectivity index (χ1n) is 4.87. The summed E-state index contributed by atoms with van der Waals surface area (Å²) < 4.78 is 0. The van der Waals surface area contributed by atoms with Crippen LogP contribution in [0.1, 0.15) is 24.6 Å². The van der Waals surface area contributed by atoms with Crippen LogP contribution in [0.2, 0.25) is 0 Å². The number of fused-ring (bicyclic) bond motifs is 1. The largest absolute Gasteiger partial charge is 0.370 e. The Balaban J connectivity index is 2.51. The first kappa shape index (κ1) is 8.54. The van der Waals surface area contributed by atoms with Gasteiger partial charge in [-0.2, -0.15) is 0 Å². The molecular weight excluding hydrogens is 160 g/mol. The van der Waals surface area contributed by atoms with Crippen LogP contribution in [0.4, 0.5) is 5.69 Å². The molecule has 1 atom stereocenters. The van der Waals surface area contributed by atoms with Gasteiger partial charge in [0.15, 0.2) is 0 Å². The first-order chi connectivity index (χ1) is 6.20. The van der Waals surface area contributed by atoms with Crippen LogP contribution in [-0.4, -0.2) is 18.1 Å². The Kier molecular flexibility index (Phi) is 1.98. The van der Waals surface area contributed by atoms with Gasteiger partial charge in [-0.15, -0.1) is 0 Å². The SMILES string of the molecule is Cc1nccc2c1N(C)C(C)CC2. The fraction of sp³-hybridized carbons (Fsp3) is 0.545. The monoisotopic (exact) mass is 176 g/mol. The van der Waals surface area contributed by atoms with E-state index >= 15 is 0 Å². The standard InChI is InChI=1S/C11H16N2/c1-8-4-5-10-6-7-12-9(2)11(10)13(8)3/h6-8H,4-5H2,1-3H3. The van der Waals surface area contributed by atoms with E-state index in [1.807, 2.05) is 6.20 Å². The highest BCUT2D eigenvalue weighted by atomic mass is 15.1. The van der Waals surface area contributed by atoms with Gasteiger partial charge in [0, 0.05) is 19.3 Å². The van der Waals surface area contributed by atoms with Gasteiger partial charge in [0.1, 0.15) is 0 Å². The van der Waals surface area contributed by atoms with E-state index in [1.54, 1.807) is 0 Å². The van der Waals surface area contributed by atoms with Gasteiger partial charge < -0.3 is 4.90 Å². The van der Waals surface area contributed by atoms with E-state index in [1.165, 1.54) is 24.1 Å². The summed E-state index contributed by atoms with van der Waals surface area (Å²) >= 11 is 0. The minimum atomic E-state index is 0.649. The molecule has 0 aromatic carbocycles. The summed E-state index contributed by atoms with van der Waals surface area (Å²) in [4.78, 5) is 6.68. The lowest BCUT2D eigenvalue weighted by Crippen LogP contribution is -2.34. The van der Waals surface area contributed by atoms with Crippen LogP contribution in [0.25, 0.3) is 0 Å². The zero-order chi connectivity index (χ0) is 9.42. The third-order valence-corrected chi connectivity index (χ3v) is 3.04. The Hall–Kier alpha value is -1.05. The second-order valence-electron chi connectivity index (χ2n) is 3.90. The summed E-state index contributed by atoms with van der Waals surface area (Å²) in [5.41, 5.74) is 3.96. The zero-order valence-corrected chi connectivity index (χ0v) is 8.54. The first-order valence-corrected chi connectivity index (χ1v) is 4.87. The molecule has 1 aromatic heterocycles. The van der Waals surface area contributed by atoms with Gasteiger partial charge in [0.05, 0.1) is 11.4 Å². The Morgan fingerprint density at radius 1 is 1.54 bits per heavy atom. The van der Waals surface area contributed by atoms with Crippen LogP contribution in [0.5, 0.6) is 0 Å². The predicted octanol–water partition coefficient (Wildman–Crippen LogP) is 2.16. The number of anilines is 1. The number of hydrogen-bond acceptors (Lipinski definition) is 2. The minimum Gasteiger partial charge on any atom is -0.370 e. The van der Waals surface area contributed by atoms with Gasteiger partial charge in [-0.25, -0.2) is 0 Å². The maximum atomic E-state index is 4.34. The van der Waals surface area contributed by atoms with E-state index in [9.17, 15) is 0 Å². The van der Waals surface area contributed by atoms with Gasteiger partial charge >= 0.3 is 0 Å². The number of nitrogens with zero attached hydrogens (tertiary/aromatic N) is 2. The molecule has 0 saturated heterocycles. The molecule has 0 bridgehead atoms. The molecule has 2 rings (SSSR count). The summed E-state index contributed by atoms with van der Waals surface area (Å²) in [6, 6.07) is 2.79. The summed E-state index contributed by atoms with van der Waals surface area (Å²) in [6.45, 7) is 4.36. The van der Waals surface area contributed by atoms with Gasteiger partial charge in [0.25, 0.3) is 0 Å². The molecule has 0 fully saturated rings. The predicted molar refractivity (Wildman–Crippen MR) is 55.2 cm³/mol. The van der Waals surface area contributed by atoms with E-state index in [4.69, 9.17) is 0 Å². The third kappa shape index (κ3) is 1.30. The molecule has 0 spiro atoms. The van der Waals surface area contributed by atoms with E-state index in [0.717, 1.165) is 5.69 Å². The van der Waals surface area contributed by atoms with Crippen LogP contribution in [0.3, 0.4) is 0 Å². The van der Waals surface area contributed by atoms with Crippen LogP contribution in [0, 0.1) is 6.92 Å². The number of rotatable bonds is 0. The maximum absolute atomic E-state index is 4.34. The highest BCUT2D eigenvalue weighted by Crippen LogP contribution is 2.30. The second kappa shape index (κ2) is 3.02. The van der Waals surface area contributed by atoms with E-state index < -0.39 is 0 Å². The Morgan fingerprint density at radius 2 is 2.31 bits per heavy atom. The molecule has 70 valence electrons. The fourth-order valence-electron chi connectivity index (χ4n) is 2.07. The van der Waals surface area contributed by atoms with Crippen molar-refractivity contribution in [2.45, 2.75) is 32.7 Å². The van der Waals surface area contributed by atoms with Gasteiger partial charge in [-0.3, -0.25) is 4.98 Å². The van der Waals surface area contributed by atoms with Crippen molar-refractivity contribution in [3.8, 4) is 0 Å².